The molecule has 0 aliphatic heterocycles. The summed E-state index contributed by atoms with van der Waals surface area (Å²) < 4.78 is 11.0. The summed E-state index contributed by atoms with van der Waals surface area (Å²) in [6, 6.07) is 7.67. The number of carbonyl (C=O) groups is 1. The minimum atomic E-state index is -0.370. The molecule has 2 N–H and O–H groups in total. The first-order chi connectivity index (χ1) is 10.6. The number of anilines is 1. The standard InChI is InChI=1S/C17H21NO3S/c1-4-10-21-17(19)15-14(11(3)22-16(15)18)12-8-6-7-9-13(12)20-5-2/h6-9H,4-5,10,18H2,1-3H3. The smallest absolute Gasteiger partial charge is 0.341 e. The molecule has 0 bridgehead atoms. The third-order valence-corrected chi connectivity index (χ3v) is 4.14. The Morgan fingerprint density at radius 1 is 1.27 bits per heavy atom. The molecular weight excluding hydrogens is 298 g/mol. The number of hydrogen-bond acceptors (Lipinski definition) is 5. The van der Waals surface area contributed by atoms with Crippen molar-refractivity contribution in [2.75, 3.05) is 18.9 Å². The van der Waals surface area contributed by atoms with E-state index in [0.717, 1.165) is 28.2 Å². The fourth-order valence-corrected chi connectivity index (χ4v) is 3.25. The molecule has 0 aliphatic carbocycles. The Morgan fingerprint density at radius 2 is 2.00 bits per heavy atom. The second kappa shape index (κ2) is 7.31. The summed E-state index contributed by atoms with van der Waals surface area (Å²) in [6.45, 7) is 6.80. The molecule has 1 heterocycles. The van der Waals surface area contributed by atoms with Gasteiger partial charge in [0.15, 0.2) is 0 Å². The van der Waals surface area contributed by atoms with Crippen LogP contribution in [-0.2, 0) is 4.74 Å². The van der Waals surface area contributed by atoms with Crippen LogP contribution in [0.2, 0.25) is 0 Å². The molecule has 0 saturated heterocycles. The van der Waals surface area contributed by atoms with Crippen molar-refractivity contribution in [2.45, 2.75) is 27.2 Å². The van der Waals surface area contributed by atoms with Crippen molar-refractivity contribution in [1.82, 2.24) is 0 Å². The minimum absolute atomic E-state index is 0.370. The van der Waals surface area contributed by atoms with Gasteiger partial charge in [0.2, 0.25) is 0 Å². The summed E-state index contributed by atoms with van der Waals surface area (Å²) in [5.41, 5.74) is 8.19. The zero-order valence-electron chi connectivity index (χ0n) is 13.1. The van der Waals surface area contributed by atoms with Gasteiger partial charge >= 0.3 is 5.97 Å². The molecule has 0 spiro atoms. The SMILES string of the molecule is CCCOC(=O)c1c(N)sc(C)c1-c1ccccc1OCC. The normalized spacial score (nSPS) is 10.5. The molecule has 0 amide bonds. The molecule has 22 heavy (non-hydrogen) atoms. The molecule has 0 aliphatic rings. The average molecular weight is 319 g/mol. The molecule has 0 fully saturated rings. The number of nitrogen functional groups attached to an aromatic ring is 1. The van der Waals surface area contributed by atoms with Crippen LogP contribution in [0.3, 0.4) is 0 Å². The predicted molar refractivity (Wildman–Crippen MR) is 90.6 cm³/mol. The maximum Gasteiger partial charge on any atom is 0.341 e. The van der Waals surface area contributed by atoms with Gasteiger partial charge in [-0.15, -0.1) is 11.3 Å². The van der Waals surface area contributed by atoms with Gasteiger partial charge in [-0.05, 0) is 26.3 Å². The number of carbonyl (C=O) groups excluding carboxylic acids is 1. The van der Waals surface area contributed by atoms with Gasteiger partial charge in [-0.1, -0.05) is 25.1 Å². The fourth-order valence-electron chi connectivity index (χ4n) is 2.31. The second-order valence-electron chi connectivity index (χ2n) is 4.84. The van der Waals surface area contributed by atoms with E-state index in [-0.39, 0.29) is 5.97 Å². The first kappa shape index (κ1) is 16.4. The summed E-state index contributed by atoms with van der Waals surface area (Å²) in [7, 11) is 0. The number of ether oxygens (including phenoxy) is 2. The van der Waals surface area contributed by atoms with Crippen LogP contribution in [0, 0.1) is 6.92 Å². The van der Waals surface area contributed by atoms with Gasteiger partial charge in [-0.3, -0.25) is 0 Å². The molecule has 0 unspecified atom stereocenters. The highest BCUT2D eigenvalue weighted by molar-refractivity contribution is 7.16. The van der Waals surface area contributed by atoms with E-state index in [1.807, 2.05) is 45.0 Å². The molecule has 0 radical (unpaired) electrons. The number of para-hydroxylation sites is 1. The Kier molecular flexibility index (Phi) is 5.44. The molecule has 2 aromatic rings. The van der Waals surface area contributed by atoms with E-state index < -0.39 is 0 Å². The molecule has 0 atom stereocenters. The van der Waals surface area contributed by atoms with Gasteiger partial charge in [0.05, 0.1) is 13.2 Å². The van der Waals surface area contributed by atoms with Crippen molar-refractivity contribution in [1.29, 1.82) is 0 Å². The number of nitrogens with two attached hydrogens (primary N) is 1. The van der Waals surface area contributed by atoms with E-state index >= 15 is 0 Å². The maximum atomic E-state index is 12.4. The van der Waals surface area contributed by atoms with Gasteiger partial charge in [-0.25, -0.2) is 4.79 Å². The lowest BCUT2D eigenvalue weighted by Crippen LogP contribution is -2.08. The Bertz CT molecular complexity index is 664. The van der Waals surface area contributed by atoms with E-state index in [1.165, 1.54) is 11.3 Å². The zero-order valence-corrected chi connectivity index (χ0v) is 14.0. The number of aryl methyl sites for hydroxylation is 1. The van der Waals surface area contributed by atoms with E-state index in [4.69, 9.17) is 15.2 Å². The van der Waals surface area contributed by atoms with Crippen LogP contribution in [0.5, 0.6) is 5.75 Å². The van der Waals surface area contributed by atoms with Gasteiger partial charge in [0.25, 0.3) is 0 Å². The number of hydrogen-bond donors (Lipinski definition) is 1. The third kappa shape index (κ3) is 3.25. The highest BCUT2D eigenvalue weighted by Gasteiger charge is 2.24. The molecule has 5 heteroatoms. The minimum Gasteiger partial charge on any atom is -0.493 e. The number of rotatable bonds is 6. The summed E-state index contributed by atoms with van der Waals surface area (Å²) in [6.07, 6.45) is 0.777. The van der Waals surface area contributed by atoms with Crippen LogP contribution in [0.15, 0.2) is 24.3 Å². The monoisotopic (exact) mass is 319 g/mol. The first-order valence-electron chi connectivity index (χ1n) is 7.38. The summed E-state index contributed by atoms with van der Waals surface area (Å²) >= 11 is 1.40. The summed E-state index contributed by atoms with van der Waals surface area (Å²) in [4.78, 5) is 13.3. The Hall–Kier alpha value is -2.01. The molecule has 1 aromatic heterocycles. The van der Waals surface area contributed by atoms with Gasteiger partial charge in [0.1, 0.15) is 16.3 Å². The van der Waals surface area contributed by atoms with E-state index in [1.54, 1.807) is 0 Å². The van der Waals surface area contributed by atoms with Crippen molar-refractivity contribution < 1.29 is 14.3 Å². The van der Waals surface area contributed by atoms with E-state index in [9.17, 15) is 4.79 Å². The van der Waals surface area contributed by atoms with Gasteiger partial charge < -0.3 is 15.2 Å². The van der Waals surface area contributed by atoms with Crippen LogP contribution in [0.4, 0.5) is 5.00 Å². The Labute approximate surface area is 134 Å². The van der Waals surface area contributed by atoms with Crippen molar-refractivity contribution >= 4 is 22.3 Å². The van der Waals surface area contributed by atoms with Crippen LogP contribution < -0.4 is 10.5 Å². The lowest BCUT2D eigenvalue weighted by atomic mass is 10.0. The molecule has 0 saturated carbocycles. The molecule has 1 aromatic carbocycles. The maximum absolute atomic E-state index is 12.4. The fraction of sp³-hybridized carbons (Fsp3) is 0.353. The predicted octanol–water partition coefficient (Wildman–Crippen LogP) is 4.27. The van der Waals surface area contributed by atoms with Crippen LogP contribution in [-0.4, -0.2) is 19.2 Å². The van der Waals surface area contributed by atoms with Gasteiger partial charge in [0, 0.05) is 16.0 Å². The van der Waals surface area contributed by atoms with Crippen LogP contribution >= 0.6 is 11.3 Å². The largest absolute Gasteiger partial charge is 0.493 e. The summed E-state index contributed by atoms with van der Waals surface area (Å²) in [5, 5.41) is 0.486. The topological polar surface area (TPSA) is 61.5 Å². The molecule has 4 nitrogen and oxygen atoms in total. The number of thiophene rings is 1. The molecular formula is C17H21NO3S. The average Bonchev–Trinajstić information content (AvgIpc) is 2.80. The molecule has 2 rings (SSSR count). The highest BCUT2D eigenvalue weighted by atomic mass is 32.1. The van der Waals surface area contributed by atoms with Crippen molar-refractivity contribution in [3.8, 4) is 16.9 Å². The quantitative estimate of drug-likeness (QED) is 0.808. The Morgan fingerprint density at radius 3 is 2.68 bits per heavy atom. The Balaban J connectivity index is 2.54. The third-order valence-electron chi connectivity index (χ3n) is 3.21. The van der Waals surface area contributed by atoms with E-state index in [0.29, 0.717) is 23.8 Å². The zero-order chi connectivity index (χ0) is 16.1. The second-order valence-corrected chi connectivity index (χ2v) is 6.09. The molecule has 118 valence electrons. The van der Waals surface area contributed by atoms with Crippen molar-refractivity contribution in [2.24, 2.45) is 0 Å². The van der Waals surface area contributed by atoms with Gasteiger partial charge in [-0.2, -0.15) is 0 Å². The van der Waals surface area contributed by atoms with Crippen LogP contribution in [0.25, 0.3) is 11.1 Å². The first-order valence-corrected chi connectivity index (χ1v) is 8.19. The van der Waals surface area contributed by atoms with Crippen LogP contribution in [0.1, 0.15) is 35.5 Å². The summed E-state index contributed by atoms with van der Waals surface area (Å²) in [5.74, 6) is 0.375. The number of benzene rings is 1. The lowest BCUT2D eigenvalue weighted by molar-refractivity contribution is 0.0507. The van der Waals surface area contributed by atoms with Crippen molar-refractivity contribution in [3.05, 3.63) is 34.7 Å². The van der Waals surface area contributed by atoms with E-state index in [2.05, 4.69) is 0 Å². The number of esters is 1. The lowest BCUT2D eigenvalue weighted by Gasteiger charge is -2.12. The highest BCUT2D eigenvalue weighted by Crippen LogP contribution is 2.42. The van der Waals surface area contributed by atoms with Crippen molar-refractivity contribution in [3.63, 3.8) is 0 Å².